The van der Waals surface area contributed by atoms with Crippen LogP contribution in [0.4, 0.5) is 18.9 Å². The Morgan fingerprint density at radius 1 is 1.12 bits per heavy atom. The first-order chi connectivity index (χ1) is 15.0. The molecule has 2 N–H and O–H groups in total. The second-order valence-electron chi connectivity index (χ2n) is 8.52. The Kier molecular flexibility index (Phi) is 6.02. The van der Waals surface area contributed by atoms with Gasteiger partial charge >= 0.3 is 0 Å². The molecule has 0 radical (unpaired) electrons. The monoisotopic (exact) mass is 487 g/mol. The van der Waals surface area contributed by atoms with Gasteiger partial charge in [0.2, 0.25) is 0 Å². The number of carbonyl (C=O) groups excluding carboxylic acids is 1. The van der Waals surface area contributed by atoms with Gasteiger partial charge in [0.25, 0.3) is 5.91 Å². The van der Waals surface area contributed by atoms with E-state index in [1.165, 1.54) is 12.1 Å². The number of hydrogen-bond donors (Lipinski definition) is 2. The number of halogens is 4. The molecule has 1 amide bonds. The van der Waals surface area contributed by atoms with Crippen molar-refractivity contribution in [3.8, 4) is 0 Å². The zero-order valence-electron chi connectivity index (χ0n) is 17.0. The van der Waals surface area contributed by atoms with Crippen LogP contribution in [0.1, 0.15) is 30.1 Å². The lowest BCUT2D eigenvalue weighted by atomic mass is 9.51. The van der Waals surface area contributed by atoms with Gasteiger partial charge in [-0.05, 0) is 54.7 Å². The van der Waals surface area contributed by atoms with Crippen LogP contribution in [-0.4, -0.2) is 31.3 Å². The third-order valence-corrected chi connectivity index (χ3v) is 9.57. The minimum absolute atomic E-state index is 0.0351. The summed E-state index contributed by atoms with van der Waals surface area (Å²) in [5.74, 6) is -4.73. The maximum atomic E-state index is 13.4. The molecule has 10 heteroatoms. The minimum atomic E-state index is -3.86. The van der Waals surface area contributed by atoms with Gasteiger partial charge in [0.15, 0.2) is 27.3 Å². The molecular formula is C22H21ClF3NO4S. The summed E-state index contributed by atoms with van der Waals surface area (Å²) in [5.41, 5.74) is -0.400. The van der Waals surface area contributed by atoms with Crippen LogP contribution in [0.25, 0.3) is 0 Å². The number of fused-ring (bicyclic) bond motifs is 2. The van der Waals surface area contributed by atoms with Crippen molar-refractivity contribution in [3.63, 3.8) is 0 Å². The van der Waals surface area contributed by atoms with E-state index in [4.69, 9.17) is 11.6 Å². The molecule has 0 heterocycles. The first-order valence-electron chi connectivity index (χ1n) is 10.1. The summed E-state index contributed by atoms with van der Waals surface area (Å²) in [4.78, 5) is 12.4. The summed E-state index contributed by atoms with van der Waals surface area (Å²) in [6, 6.07) is 4.94. The van der Waals surface area contributed by atoms with Crippen LogP contribution >= 0.6 is 11.6 Å². The van der Waals surface area contributed by atoms with Crippen molar-refractivity contribution in [1.82, 2.24) is 0 Å². The standard InChI is InChI=1S/C22H21ClF3NO4S/c1-10-14-7-13(8-15(10)16(14)9-28)32(30,31)20-4-11(2-3-17(20)23)22(29)27-12-5-18(24)21(26)19(25)6-12/h2-6,10,13-16,28H,7-9H2,1H3,(H,27,29). The largest absolute Gasteiger partial charge is 0.396 e. The summed E-state index contributed by atoms with van der Waals surface area (Å²) >= 11 is 6.16. The second-order valence-corrected chi connectivity index (χ2v) is 11.1. The second kappa shape index (κ2) is 8.35. The lowest BCUT2D eigenvalue weighted by molar-refractivity contribution is -0.0820. The van der Waals surface area contributed by atoms with Crippen molar-refractivity contribution in [2.24, 2.45) is 23.7 Å². The highest BCUT2D eigenvalue weighted by molar-refractivity contribution is 7.92. The summed E-state index contributed by atoms with van der Waals surface area (Å²) in [6.07, 6.45) is 0.818. The first kappa shape index (κ1) is 23.1. The first-order valence-corrected chi connectivity index (χ1v) is 12.1. The Bertz CT molecular complexity index is 1150. The summed E-state index contributed by atoms with van der Waals surface area (Å²) in [5, 5.41) is 11.1. The number of sulfone groups is 1. The van der Waals surface area contributed by atoms with Crippen LogP contribution in [0.15, 0.2) is 35.2 Å². The van der Waals surface area contributed by atoms with Crippen molar-refractivity contribution in [2.75, 3.05) is 11.9 Å². The zero-order chi connectivity index (χ0) is 23.4. The number of amides is 1. The zero-order valence-corrected chi connectivity index (χ0v) is 18.6. The Morgan fingerprint density at radius 2 is 1.72 bits per heavy atom. The van der Waals surface area contributed by atoms with Gasteiger partial charge in [-0.1, -0.05) is 18.5 Å². The fourth-order valence-electron chi connectivity index (χ4n) is 5.15. The molecule has 2 unspecified atom stereocenters. The molecule has 0 aromatic heterocycles. The summed E-state index contributed by atoms with van der Waals surface area (Å²) < 4.78 is 66.6. The minimum Gasteiger partial charge on any atom is -0.396 e. The Hall–Kier alpha value is -2.10. The number of nitrogens with one attached hydrogen (secondary N) is 1. The van der Waals surface area contributed by atoms with E-state index in [-0.39, 0.29) is 45.5 Å². The molecule has 32 heavy (non-hydrogen) atoms. The van der Waals surface area contributed by atoms with Gasteiger partial charge in [0.1, 0.15) is 0 Å². The molecule has 3 aliphatic rings. The molecule has 5 nitrogen and oxygen atoms in total. The smallest absolute Gasteiger partial charge is 0.255 e. The highest BCUT2D eigenvalue weighted by Crippen LogP contribution is 2.56. The van der Waals surface area contributed by atoms with E-state index in [9.17, 15) is 31.5 Å². The molecule has 3 saturated carbocycles. The van der Waals surface area contributed by atoms with E-state index in [2.05, 4.69) is 12.2 Å². The maximum absolute atomic E-state index is 13.4. The van der Waals surface area contributed by atoms with Gasteiger partial charge in [-0.15, -0.1) is 0 Å². The molecule has 172 valence electrons. The highest BCUT2D eigenvalue weighted by atomic mass is 35.5. The third-order valence-electron chi connectivity index (χ3n) is 6.91. The molecule has 3 fully saturated rings. The topological polar surface area (TPSA) is 83.5 Å². The van der Waals surface area contributed by atoms with Crippen LogP contribution < -0.4 is 5.32 Å². The molecular weight excluding hydrogens is 467 g/mol. The number of aliphatic hydroxyl groups is 1. The van der Waals surface area contributed by atoms with Crippen molar-refractivity contribution < 1.29 is 31.5 Å². The number of rotatable bonds is 5. The van der Waals surface area contributed by atoms with Crippen LogP contribution in [0, 0.1) is 41.1 Å². The number of hydrogen-bond acceptors (Lipinski definition) is 4. The average Bonchev–Trinajstić information content (AvgIpc) is 2.76. The average molecular weight is 488 g/mol. The normalized spacial score (nSPS) is 27.0. The van der Waals surface area contributed by atoms with Gasteiger partial charge in [0.05, 0.1) is 15.2 Å². The summed E-state index contributed by atoms with van der Waals surface area (Å²) in [7, 11) is -3.86. The van der Waals surface area contributed by atoms with Crippen molar-refractivity contribution >= 4 is 33.0 Å². The molecule has 2 atom stereocenters. The lowest BCUT2D eigenvalue weighted by Gasteiger charge is -2.56. The van der Waals surface area contributed by atoms with Crippen molar-refractivity contribution in [3.05, 3.63) is 58.4 Å². The predicted octanol–water partition coefficient (Wildman–Crippen LogP) is 4.44. The molecule has 0 aliphatic heterocycles. The fraction of sp³-hybridized carbons (Fsp3) is 0.409. The van der Waals surface area contributed by atoms with E-state index < -0.39 is 38.4 Å². The molecule has 3 aliphatic carbocycles. The molecule has 2 bridgehead atoms. The Morgan fingerprint density at radius 3 is 2.28 bits per heavy atom. The van der Waals surface area contributed by atoms with Crippen LogP contribution in [0.5, 0.6) is 0 Å². The van der Waals surface area contributed by atoms with Gasteiger partial charge in [-0.25, -0.2) is 21.6 Å². The number of carbonyl (C=O) groups is 1. The molecule has 5 rings (SSSR count). The number of anilines is 1. The molecule has 2 aromatic carbocycles. The van der Waals surface area contributed by atoms with Crippen LogP contribution in [-0.2, 0) is 9.84 Å². The van der Waals surface area contributed by atoms with E-state index in [0.717, 1.165) is 6.07 Å². The van der Waals surface area contributed by atoms with Crippen LogP contribution in [0.3, 0.4) is 0 Å². The quantitative estimate of drug-likeness (QED) is 0.611. The van der Waals surface area contributed by atoms with Crippen molar-refractivity contribution in [2.45, 2.75) is 29.9 Å². The van der Waals surface area contributed by atoms with E-state index >= 15 is 0 Å². The van der Waals surface area contributed by atoms with Gasteiger partial charge in [-0.3, -0.25) is 4.79 Å². The van der Waals surface area contributed by atoms with E-state index in [1.807, 2.05) is 0 Å². The van der Waals surface area contributed by atoms with Gasteiger partial charge < -0.3 is 10.4 Å². The van der Waals surface area contributed by atoms with E-state index in [0.29, 0.717) is 30.9 Å². The van der Waals surface area contributed by atoms with E-state index in [1.54, 1.807) is 0 Å². The molecule has 0 saturated heterocycles. The Labute approximate surface area is 188 Å². The summed E-state index contributed by atoms with van der Waals surface area (Å²) in [6.45, 7) is 2.09. The SMILES string of the molecule is CC1C2CC(S(=O)(=O)c3cc(C(=O)Nc4cc(F)c(F)c(F)c4)ccc3Cl)CC1C2CO. The van der Waals surface area contributed by atoms with Crippen molar-refractivity contribution in [1.29, 1.82) is 0 Å². The molecule has 2 aromatic rings. The fourth-order valence-corrected chi connectivity index (χ4v) is 7.53. The predicted molar refractivity (Wildman–Crippen MR) is 113 cm³/mol. The number of benzene rings is 2. The van der Waals surface area contributed by atoms with Gasteiger partial charge in [0, 0.05) is 30.0 Å². The highest BCUT2D eigenvalue weighted by Gasteiger charge is 2.55. The maximum Gasteiger partial charge on any atom is 0.255 e. The Balaban J connectivity index is 1.58. The van der Waals surface area contributed by atoms with Crippen LogP contribution in [0.2, 0.25) is 5.02 Å². The number of aliphatic hydroxyl groups excluding tert-OH is 1. The molecule has 0 spiro atoms. The third kappa shape index (κ3) is 3.80. The lowest BCUT2D eigenvalue weighted by Crippen LogP contribution is -2.55. The van der Waals surface area contributed by atoms with Gasteiger partial charge in [-0.2, -0.15) is 0 Å².